The number of pyridine rings is 1. The Bertz CT molecular complexity index is 1550. The minimum absolute atomic E-state index is 0.0000359. The number of anilines is 1. The van der Waals surface area contributed by atoms with Crippen molar-refractivity contribution in [1.29, 1.82) is 0 Å². The Morgan fingerprint density at radius 1 is 1.14 bits per heavy atom. The Labute approximate surface area is 250 Å². The number of carbonyl (C=O) groups is 1. The fourth-order valence-corrected chi connectivity index (χ4v) is 7.90. The molecule has 13 heteroatoms. The number of rotatable bonds is 10. The lowest BCUT2D eigenvalue weighted by Gasteiger charge is -2.36. The van der Waals surface area contributed by atoms with E-state index in [1.165, 1.54) is 16.6 Å². The maximum Gasteiger partial charge on any atom is 0.272 e. The zero-order valence-electron chi connectivity index (χ0n) is 24.7. The first-order valence-electron chi connectivity index (χ1n) is 14.2. The normalized spacial score (nSPS) is 19.3. The SMILES string of the molecule is COc1cc(C)c(S(=O)(=O)N2CCn3cccc3C2COCC(=O)NC2CCN(c3ccc(C(C)(F)F)cn3)C2)c(C)c1. The summed E-state index contributed by atoms with van der Waals surface area (Å²) in [7, 11) is -2.36. The van der Waals surface area contributed by atoms with Gasteiger partial charge in [0.2, 0.25) is 15.9 Å². The Morgan fingerprint density at radius 3 is 2.53 bits per heavy atom. The molecule has 43 heavy (non-hydrogen) atoms. The molecule has 0 saturated carbocycles. The fraction of sp³-hybridized carbons (Fsp3) is 0.467. The van der Waals surface area contributed by atoms with E-state index in [0.717, 1.165) is 12.6 Å². The van der Waals surface area contributed by atoms with Crippen molar-refractivity contribution < 1.29 is 31.5 Å². The van der Waals surface area contributed by atoms with Crippen molar-refractivity contribution in [2.75, 3.05) is 44.9 Å². The van der Waals surface area contributed by atoms with Gasteiger partial charge in [0.05, 0.1) is 24.7 Å². The summed E-state index contributed by atoms with van der Waals surface area (Å²) in [6.45, 7) is 5.98. The first kappa shape index (κ1) is 30.9. The highest BCUT2D eigenvalue weighted by atomic mass is 32.2. The summed E-state index contributed by atoms with van der Waals surface area (Å²) in [6, 6.07) is 9.32. The summed E-state index contributed by atoms with van der Waals surface area (Å²) in [4.78, 5) is 19.1. The van der Waals surface area contributed by atoms with Gasteiger partial charge >= 0.3 is 0 Å². The summed E-state index contributed by atoms with van der Waals surface area (Å²) in [6.07, 6.45) is 3.75. The lowest BCUT2D eigenvalue weighted by Crippen LogP contribution is -2.44. The number of carbonyl (C=O) groups excluding carboxylic acids is 1. The molecule has 5 rings (SSSR count). The van der Waals surface area contributed by atoms with Crippen LogP contribution < -0.4 is 15.0 Å². The third kappa shape index (κ3) is 6.53. The number of hydrogen-bond donors (Lipinski definition) is 1. The Morgan fingerprint density at radius 2 is 1.88 bits per heavy atom. The van der Waals surface area contributed by atoms with Crippen LogP contribution in [0.4, 0.5) is 14.6 Å². The van der Waals surface area contributed by atoms with Gasteiger partial charge in [-0.05, 0) is 67.8 Å². The quantitative estimate of drug-likeness (QED) is 0.369. The van der Waals surface area contributed by atoms with E-state index >= 15 is 0 Å². The molecule has 1 saturated heterocycles. The zero-order valence-corrected chi connectivity index (χ0v) is 25.5. The number of ether oxygens (including phenoxy) is 2. The summed E-state index contributed by atoms with van der Waals surface area (Å²) >= 11 is 0. The van der Waals surface area contributed by atoms with Crippen LogP contribution in [0.1, 0.15) is 41.8 Å². The van der Waals surface area contributed by atoms with E-state index in [0.29, 0.717) is 48.7 Å². The average molecular weight is 618 g/mol. The average Bonchev–Trinajstić information content (AvgIpc) is 3.62. The van der Waals surface area contributed by atoms with E-state index in [4.69, 9.17) is 9.47 Å². The van der Waals surface area contributed by atoms with Crippen molar-refractivity contribution in [1.82, 2.24) is 19.2 Å². The van der Waals surface area contributed by atoms with Gasteiger partial charge in [-0.25, -0.2) is 22.2 Å². The van der Waals surface area contributed by atoms with Gasteiger partial charge < -0.3 is 24.3 Å². The number of amides is 1. The van der Waals surface area contributed by atoms with Crippen LogP contribution in [0.3, 0.4) is 0 Å². The smallest absolute Gasteiger partial charge is 0.272 e. The van der Waals surface area contributed by atoms with Gasteiger partial charge in [0, 0.05) is 62.8 Å². The number of aromatic nitrogens is 2. The highest BCUT2D eigenvalue weighted by Crippen LogP contribution is 2.35. The number of nitrogens with one attached hydrogen (secondary N) is 1. The van der Waals surface area contributed by atoms with Crippen LogP contribution in [-0.2, 0) is 32.0 Å². The molecule has 3 aromatic rings. The van der Waals surface area contributed by atoms with Crippen LogP contribution in [-0.4, -0.2) is 74.2 Å². The number of nitrogens with zero attached hydrogens (tertiary/aromatic N) is 4. The summed E-state index contributed by atoms with van der Waals surface area (Å²) < 4.78 is 69.7. The number of hydrogen-bond acceptors (Lipinski definition) is 7. The van der Waals surface area contributed by atoms with Crippen molar-refractivity contribution in [2.24, 2.45) is 0 Å². The number of benzene rings is 1. The summed E-state index contributed by atoms with van der Waals surface area (Å²) in [5, 5.41) is 2.96. The molecule has 2 aliphatic rings. The molecular weight excluding hydrogens is 580 g/mol. The number of methoxy groups -OCH3 is 1. The van der Waals surface area contributed by atoms with Crippen LogP contribution >= 0.6 is 0 Å². The fourth-order valence-electron chi connectivity index (χ4n) is 5.90. The Kier molecular flexibility index (Phi) is 8.77. The maximum atomic E-state index is 14.0. The molecule has 232 valence electrons. The Hall–Kier alpha value is -3.55. The van der Waals surface area contributed by atoms with Gasteiger partial charge in [-0.15, -0.1) is 0 Å². The van der Waals surface area contributed by atoms with Crippen molar-refractivity contribution >= 4 is 21.7 Å². The van der Waals surface area contributed by atoms with Gasteiger partial charge in [0.15, 0.2) is 0 Å². The van der Waals surface area contributed by atoms with E-state index in [2.05, 4.69) is 10.3 Å². The predicted molar refractivity (Wildman–Crippen MR) is 157 cm³/mol. The lowest BCUT2D eigenvalue weighted by atomic mass is 10.1. The topological polar surface area (TPSA) is 106 Å². The second-order valence-corrected chi connectivity index (χ2v) is 13.0. The van der Waals surface area contributed by atoms with E-state index in [-0.39, 0.29) is 42.2 Å². The molecule has 2 aromatic heterocycles. The third-order valence-electron chi connectivity index (χ3n) is 7.99. The van der Waals surface area contributed by atoms with Gasteiger partial charge in [-0.1, -0.05) is 0 Å². The monoisotopic (exact) mass is 617 g/mol. The lowest BCUT2D eigenvalue weighted by molar-refractivity contribution is -0.126. The molecule has 10 nitrogen and oxygen atoms in total. The molecule has 2 atom stereocenters. The van der Waals surface area contributed by atoms with Crippen LogP contribution in [0.5, 0.6) is 5.75 Å². The number of aryl methyl sites for hydroxylation is 2. The molecule has 4 heterocycles. The number of sulfonamides is 1. The minimum Gasteiger partial charge on any atom is -0.497 e. The molecule has 1 aromatic carbocycles. The van der Waals surface area contributed by atoms with E-state index in [9.17, 15) is 22.0 Å². The van der Waals surface area contributed by atoms with Crippen molar-refractivity contribution in [3.63, 3.8) is 0 Å². The number of alkyl halides is 2. The van der Waals surface area contributed by atoms with Crippen molar-refractivity contribution in [3.05, 3.63) is 71.2 Å². The molecule has 2 unspecified atom stereocenters. The molecule has 0 bridgehead atoms. The largest absolute Gasteiger partial charge is 0.497 e. The van der Waals surface area contributed by atoms with E-state index < -0.39 is 22.0 Å². The highest BCUT2D eigenvalue weighted by Gasteiger charge is 2.38. The van der Waals surface area contributed by atoms with Gasteiger partial charge in [0.25, 0.3) is 5.92 Å². The van der Waals surface area contributed by atoms with E-state index in [1.54, 1.807) is 39.2 Å². The summed E-state index contributed by atoms with van der Waals surface area (Å²) in [5.74, 6) is -2.11. The molecule has 1 amide bonds. The highest BCUT2D eigenvalue weighted by molar-refractivity contribution is 7.89. The van der Waals surface area contributed by atoms with Crippen molar-refractivity contribution in [2.45, 2.75) is 56.6 Å². The third-order valence-corrected chi connectivity index (χ3v) is 10.2. The zero-order chi connectivity index (χ0) is 30.9. The van der Waals surface area contributed by atoms with Crippen LogP contribution in [0.2, 0.25) is 0 Å². The molecule has 0 radical (unpaired) electrons. The molecule has 1 N–H and O–H groups in total. The van der Waals surface area contributed by atoms with E-state index in [1.807, 2.05) is 27.8 Å². The van der Waals surface area contributed by atoms with Crippen LogP contribution in [0.15, 0.2) is 53.7 Å². The second-order valence-electron chi connectivity index (χ2n) is 11.2. The van der Waals surface area contributed by atoms with Gasteiger partial charge in [-0.2, -0.15) is 4.31 Å². The minimum atomic E-state index is -3.90. The molecule has 0 spiro atoms. The standard InChI is InChI=1S/C30H37F2N5O5S/c1-20-14-24(41-4)15-21(2)29(20)43(39,40)37-13-12-35-10-5-6-25(35)26(37)18-42-19-28(38)34-23-9-11-36(17-23)27-8-7-22(16-33-27)30(3,31)32/h5-8,10,14-16,23,26H,9,11-13,17-19H2,1-4H3,(H,34,38). The first-order valence-corrected chi connectivity index (χ1v) is 15.6. The molecule has 1 fully saturated rings. The summed E-state index contributed by atoms with van der Waals surface area (Å²) in [5.41, 5.74) is 1.84. The predicted octanol–water partition coefficient (Wildman–Crippen LogP) is 3.78. The van der Waals surface area contributed by atoms with Crippen LogP contribution in [0, 0.1) is 13.8 Å². The maximum absolute atomic E-state index is 14.0. The Balaban J connectivity index is 1.21. The molecule has 2 aliphatic heterocycles. The number of halogens is 2. The molecule has 0 aliphatic carbocycles. The van der Waals surface area contributed by atoms with Crippen molar-refractivity contribution in [3.8, 4) is 5.75 Å². The van der Waals surface area contributed by atoms with Gasteiger partial charge in [-0.3, -0.25) is 4.79 Å². The van der Waals surface area contributed by atoms with Gasteiger partial charge in [0.1, 0.15) is 18.2 Å². The first-order chi connectivity index (χ1) is 20.4. The van der Waals surface area contributed by atoms with Crippen LogP contribution in [0.25, 0.3) is 0 Å². The number of fused-ring (bicyclic) bond motifs is 1. The molecular formula is C30H37F2N5O5S. The second kappa shape index (κ2) is 12.2.